The highest BCUT2D eigenvalue weighted by molar-refractivity contribution is 9.11. The average molecular weight is 703 g/mol. The Labute approximate surface area is 253 Å². The van der Waals surface area contributed by atoms with Crippen LogP contribution < -0.4 is 14.9 Å². The molecule has 2 aromatic carbocycles. The van der Waals surface area contributed by atoms with E-state index in [1.54, 1.807) is 57.2 Å². The van der Waals surface area contributed by atoms with Gasteiger partial charge in [-0.15, -0.1) is 0 Å². The third-order valence-electron chi connectivity index (χ3n) is 6.45. The first-order chi connectivity index (χ1) is 19.5. The number of non-ortho nitro benzene ring substituents is 1. The van der Waals surface area contributed by atoms with Gasteiger partial charge in [-0.2, -0.15) is 0 Å². The number of hydrogen-bond acceptors (Lipinski definition) is 9. The smallest absolute Gasteiger partial charge is 0.338 e. The number of allylic oxidation sites excluding steroid dienone is 1. The molecule has 10 nitrogen and oxygen atoms in total. The summed E-state index contributed by atoms with van der Waals surface area (Å²) >= 11 is 7.75. The number of halogens is 2. The lowest BCUT2D eigenvalue weighted by Crippen LogP contribution is -2.39. The van der Waals surface area contributed by atoms with Gasteiger partial charge < -0.3 is 14.3 Å². The minimum atomic E-state index is -0.988. The number of benzene rings is 2. The molecule has 0 aliphatic carbocycles. The van der Waals surface area contributed by atoms with Crippen molar-refractivity contribution in [2.75, 3.05) is 6.61 Å². The van der Waals surface area contributed by atoms with Crippen LogP contribution in [0.15, 0.2) is 76.9 Å². The van der Waals surface area contributed by atoms with Crippen molar-refractivity contribution in [3.63, 3.8) is 0 Å². The maximum absolute atomic E-state index is 13.8. The summed E-state index contributed by atoms with van der Waals surface area (Å²) in [6, 6.07) is 10.1. The standard InChI is InChI=1S/C28H21Br2N3O7S/c1-4-39-27(36)23-14(3)31-28-32(26(35)22(41-28)11-15-9-18(29)25(34)19(30)10-15)24(23)21-8-7-20(40-21)17-12-16(33(37)38)6-5-13(17)2/h5-12,24,34H,4H2,1-3H3/b22-11-/t24-/m0/s1. The number of phenols is 1. The average Bonchev–Trinajstić information content (AvgIpc) is 3.51. The summed E-state index contributed by atoms with van der Waals surface area (Å²) in [7, 11) is 0. The van der Waals surface area contributed by atoms with Crippen molar-refractivity contribution in [3.8, 4) is 17.1 Å². The zero-order valence-electron chi connectivity index (χ0n) is 21.8. The van der Waals surface area contributed by atoms with Crippen molar-refractivity contribution >= 4 is 60.9 Å². The van der Waals surface area contributed by atoms with Gasteiger partial charge in [0.1, 0.15) is 23.3 Å². The Morgan fingerprint density at radius 2 is 1.93 bits per heavy atom. The summed E-state index contributed by atoms with van der Waals surface area (Å²) in [5.41, 5.74) is 1.94. The Morgan fingerprint density at radius 3 is 2.59 bits per heavy atom. The number of furan rings is 1. The van der Waals surface area contributed by atoms with Crippen molar-refractivity contribution in [3.05, 3.63) is 109 Å². The van der Waals surface area contributed by atoms with Gasteiger partial charge in [0.05, 0.1) is 36.3 Å². The number of rotatable bonds is 6. The minimum Gasteiger partial charge on any atom is -0.506 e. The van der Waals surface area contributed by atoms with Crippen LogP contribution in [0.4, 0.5) is 5.69 Å². The summed E-state index contributed by atoms with van der Waals surface area (Å²) in [5, 5.41) is 21.4. The van der Waals surface area contributed by atoms with E-state index in [4.69, 9.17) is 9.15 Å². The van der Waals surface area contributed by atoms with Crippen LogP contribution in [0.3, 0.4) is 0 Å². The lowest BCUT2D eigenvalue weighted by atomic mass is 10.0. The zero-order valence-corrected chi connectivity index (χ0v) is 25.8. The Kier molecular flexibility index (Phi) is 7.86. The number of aromatic nitrogens is 1. The largest absolute Gasteiger partial charge is 0.506 e. The Hall–Kier alpha value is -3.81. The fourth-order valence-corrected chi connectivity index (χ4v) is 6.78. The van der Waals surface area contributed by atoms with Gasteiger partial charge in [-0.05, 0) is 94.1 Å². The maximum atomic E-state index is 13.8. The number of esters is 1. The third kappa shape index (κ3) is 5.32. The molecule has 4 aromatic rings. The van der Waals surface area contributed by atoms with Gasteiger partial charge in [-0.3, -0.25) is 19.5 Å². The van der Waals surface area contributed by atoms with E-state index in [1.807, 2.05) is 0 Å². The predicted octanol–water partition coefficient (Wildman–Crippen LogP) is 5.51. The fraction of sp³-hybridized carbons (Fsp3) is 0.179. The molecular weight excluding hydrogens is 682 g/mol. The molecule has 0 saturated carbocycles. The maximum Gasteiger partial charge on any atom is 0.338 e. The summed E-state index contributed by atoms with van der Waals surface area (Å²) < 4.78 is 14.2. The highest BCUT2D eigenvalue weighted by Crippen LogP contribution is 2.36. The molecule has 210 valence electrons. The SMILES string of the molecule is CCOC(=O)C1=C(C)N=c2s/c(=C\c3cc(Br)c(O)c(Br)c3)c(=O)n2[C@H]1c1ccc(-c2cc([N+](=O)[O-])ccc2C)o1. The van der Waals surface area contributed by atoms with Crippen LogP contribution in [-0.2, 0) is 9.53 Å². The molecule has 1 N–H and O–H groups in total. The number of thiazole rings is 1. The normalized spacial score (nSPS) is 15.0. The number of nitrogens with zero attached hydrogens (tertiary/aromatic N) is 3. The van der Waals surface area contributed by atoms with Crippen LogP contribution >= 0.6 is 43.2 Å². The summed E-state index contributed by atoms with van der Waals surface area (Å²) in [6.07, 6.45) is 1.67. The van der Waals surface area contributed by atoms with Crippen LogP contribution in [0.25, 0.3) is 17.4 Å². The number of carbonyl (C=O) groups is 1. The molecule has 2 aromatic heterocycles. The number of fused-ring (bicyclic) bond motifs is 1. The van der Waals surface area contributed by atoms with E-state index in [-0.39, 0.29) is 29.4 Å². The van der Waals surface area contributed by atoms with E-state index in [2.05, 4.69) is 36.9 Å². The number of nitro groups is 1. The van der Waals surface area contributed by atoms with Gasteiger partial charge in [0, 0.05) is 17.7 Å². The molecule has 5 rings (SSSR count). The second-order valence-electron chi connectivity index (χ2n) is 9.09. The van der Waals surface area contributed by atoms with E-state index < -0.39 is 22.5 Å². The van der Waals surface area contributed by atoms with Crippen molar-refractivity contribution in [1.29, 1.82) is 0 Å². The lowest BCUT2D eigenvalue weighted by Gasteiger charge is -2.22. The van der Waals surface area contributed by atoms with E-state index in [1.165, 1.54) is 16.7 Å². The summed E-state index contributed by atoms with van der Waals surface area (Å²) in [4.78, 5) is 42.8. The Bertz CT molecular complexity index is 1930. The molecule has 0 spiro atoms. The molecule has 0 radical (unpaired) electrons. The Morgan fingerprint density at radius 1 is 1.22 bits per heavy atom. The molecule has 1 aliphatic heterocycles. The number of aryl methyl sites for hydroxylation is 1. The van der Waals surface area contributed by atoms with E-state index in [0.29, 0.717) is 40.9 Å². The first-order valence-electron chi connectivity index (χ1n) is 12.2. The first kappa shape index (κ1) is 28.7. The summed E-state index contributed by atoms with van der Waals surface area (Å²) in [6.45, 7) is 5.27. The number of aromatic hydroxyl groups is 1. The molecule has 1 aliphatic rings. The van der Waals surface area contributed by atoms with Crippen molar-refractivity contribution in [2.24, 2.45) is 4.99 Å². The predicted molar refractivity (Wildman–Crippen MR) is 159 cm³/mol. The topological polar surface area (TPSA) is 137 Å². The number of ether oxygens (including phenoxy) is 1. The minimum absolute atomic E-state index is 0.0333. The highest BCUT2D eigenvalue weighted by Gasteiger charge is 2.35. The lowest BCUT2D eigenvalue weighted by molar-refractivity contribution is -0.384. The van der Waals surface area contributed by atoms with Gasteiger partial charge in [0.2, 0.25) is 0 Å². The van der Waals surface area contributed by atoms with Gasteiger partial charge >= 0.3 is 5.97 Å². The van der Waals surface area contributed by atoms with Gasteiger partial charge in [-0.1, -0.05) is 17.4 Å². The number of nitro benzene ring substituents is 1. The van der Waals surface area contributed by atoms with E-state index >= 15 is 0 Å². The van der Waals surface area contributed by atoms with Crippen LogP contribution in [0.5, 0.6) is 5.75 Å². The molecule has 1 atom stereocenters. The van der Waals surface area contributed by atoms with Gasteiger partial charge in [-0.25, -0.2) is 9.79 Å². The van der Waals surface area contributed by atoms with Crippen LogP contribution in [0.1, 0.15) is 36.8 Å². The van der Waals surface area contributed by atoms with Gasteiger partial charge in [0.15, 0.2) is 4.80 Å². The number of hydrogen-bond donors (Lipinski definition) is 1. The molecule has 0 unspecified atom stereocenters. The molecule has 3 heterocycles. The summed E-state index contributed by atoms with van der Waals surface area (Å²) in [5.74, 6) is 0.0147. The van der Waals surface area contributed by atoms with E-state index in [9.17, 15) is 24.8 Å². The highest BCUT2D eigenvalue weighted by atomic mass is 79.9. The quantitative estimate of drug-likeness (QED) is 0.159. The molecular formula is C28H21Br2N3O7S. The van der Waals surface area contributed by atoms with Crippen molar-refractivity contribution in [2.45, 2.75) is 26.8 Å². The molecule has 0 bridgehead atoms. The van der Waals surface area contributed by atoms with Gasteiger partial charge in [0.25, 0.3) is 11.2 Å². The zero-order chi connectivity index (χ0) is 29.6. The molecule has 13 heteroatoms. The second-order valence-corrected chi connectivity index (χ2v) is 11.8. The third-order valence-corrected chi connectivity index (χ3v) is 8.64. The fourth-order valence-electron chi connectivity index (χ4n) is 4.51. The first-order valence-corrected chi connectivity index (χ1v) is 14.6. The second kappa shape index (κ2) is 11.2. The van der Waals surface area contributed by atoms with Crippen LogP contribution in [-0.4, -0.2) is 27.2 Å². The van der Waals surface area contributed by atoms with Crippen molar-refractivity contribution in [1.82, 2.24) is 4.57 Å². The molecule has 0 fully saturated rings. The number of phenolic OH excluding ortho intramolecular Hbond substituents is 1. The van der Waals surface area contributed by atoms with Crippen LogP contribution in [0, 0.1) is 17.0 Å². The molecule has 0 amide bonds. The molecule has 0 saturated heterocycles. The van der Waals surface area contributed by atoms with Crippen LogP contribution in [0.2, 0.25) is 0 Å². The molecule has 41 heavy (non-hydrogen) atoms. The van der Waals surface area contributed by atoms with Crippen molar-refractivity contribution < 1.29 is 24.0 Å². The van der Waals surface area contributed by atoms with E-state index in [0.717, 1.165) is 16.9 Å². The number of carbonyl (C=O) groups excluding carboxylic acids is 1. The Balaban J connectivity index is 1.70. The monoisotopic (exact) mass is 701 g/mol.